The number of aliphatic hydroxyl groups is 2. The summed E-state index contributed by atoms with van der Waals surface area (Å²) in [5, 5.41) is 34.6. The standard InChI is InChI=1S/C20H30N4O11/c1-4-13(27)33-9(3)34-20(31)24-19(21)23-10-7-12(18(29)30)35-16(14(10)22-8(2)25)17-15(28)11(26)5-6-32-17/h7,9-11,14-17,26,28H,4-6H2,1-3H3,(H,22,25)(H,29,30)(H3,21,23,24,31)/t9?,10-,11+,14+,15+,16+,17+/m0/s1. The van der Waals surface area contributed by atoms with Crippen LogP contribution in [0, 0.1) is 0 Å². The summed E-state index contributed by atoms with van der Waals surface area (Å²) >= 11 is 0. The number of aliphatic carboxylic acids is 1. The first-order chi connectivity index (χ1) is 16.4. The number of nitrogens with one attached hydrogen (secondary N) is 2. The van der Waals surface area contributed by atoms with Gasteiger partial charge in [0.2, 0.25) is 18.0 Å². The maximum atomic E-state index is 12.0. The van der Waals surface area contributed by atoms with E-state index in [2.05, 4.69) is 15.6 Å². The zero-order valence-electron chi connectivity index (χ0n) is 19.4. The first kappa shape index (κ1) is 27.8. The highest BCUT2D eigenvalue weighted by Gasteiger charge is 2.47. The van der Waals surface area contributed by atoms with E-state index in [0.29, 0.717) is 0 Å². The molecule has 1 saturated heterocycles. The molecule has 35 heavy (non-hydrogen) atoms. The quantitative estimate of drug-likeness (QED) is 0.0968. The Morgan fingerprint density at radius 2 is 1.94 bits per heavy atom. The molecular weight excluding hydrogens is 472 g/mol. The molecule has 1 fully saturated rings. The van der Waals surface area contributed by atoms with Crippen LogP contribution in [-0.2, 0) is 33.3 Å². The van der Waals surface area contributed by atoms with Crippen molar-refractivity contribution in [1.29, 1.82) is 0 Å². The van der Waals surface area contributed by atoms with Crippen LogP contribution in [0.1, 0.15) is 33.6 Å². The normalized spacial score (nSPS) is 29.6. The second-order valence-electron chi connectivity index (χ2n) is 7.77. The van der Waals surface area contributed by atoms with Crippen molar-refractivity contribution in [3.63, 3.8) is 0 Å². The minimum absolute atomic E-state index is 0.0475. The van der Waals surface area contributed by atoms with E-state index in [9.17, 15) is 34.5 Å². The maximum Gasteiger partial charge on any atom is 0.417 e. The number of guanidine groups is 1. The topological polar surface area (TPSA) is 228 Å². The second-order valence-corrected chi connectivity index (χ2v) is 7.77. The zero-order valence-corrected chi connectivity index (χ0v) is 19.4. The molecule has 0 aromatic carbocycles. The van der Waals surface area contributed by atoms with E-state index in [1.165, 1.54) is 13.8 Å². The lowest BCUT2D eigenvalue weighted by molar-refractivity contribution is -0.185. The summed E-state index contributed by atoms with van der Waals surface area (Å²) in [6.45, 7) is 4.11. The monoisotopic (exact) mass is 502 g/mol. The van der Waals surface area contributed by atoms with E-state index < -0.39 is 78.4 Å². The van der Waals surface area contributed by atoms with Gasteiger partial charge >= 0.3 is 18.0 Å². The number of amides is 2. The molecule has 0 radical (unpaired) electrons. The zero-order chi connectivity index (χ0) is 26.3. The molecule has 0 aromatic heterocycles. The minimum atomic E-state index is -1.47. The number of rotatable bonds is 7. The van der Waals surface area contributed by atoms with Gasteiger partial charge in [0, 0.05) is 26.9 Å². The van der Waals surface area contributed by atoms with Crippen molar-refractivity contribution in [3.05, 3.63) is 11.8 Å². The number of nitrogens with two attached hydrogens (primary N) is 1. The highest BCUT2D eigenvalue weighted by Crippen LogP contribution is 2.29. The second kappa shape index (κ2) is 12.3. The summed E-state index contributed by atoms with van der Waals surface area (Å²) in [6, 6.07) is -2.31. The lowest BCUT2D eigenvalue weighted by Crippen LogP contribution is -2.62. The summed E-state index contributed by atoms with van der Waals surface area (Å²) in [5.41, 5.74) is 5.78. The van der Waals surface area contributed by atoms with Gasteiger partial charge in [0.15, 0.2) is 12.1 Å². The van der Waals surface area contributed by atoms with Crippen LogP contribution in [0.3, 0.4) is 0 Å². The summed E-state index contributed by atoms with van der Waals surface area (Å²) < 4.78 is 20.7. The van der Waals surface area contributed by atoms with Crippen molar-refractivity contribution in [2.24, 2.45) is 10.7 Å². The SMILES string of the molecule is CCC(=O)OC(C)OC(=O)NC(N)=N[C@H]1C=C(C(=O)O)O[C@@H]([C@@H]2OCC[C@@H](O)[C@H]2O)[C@@H]1NC(C)=O. The van der Waals surface area contributed by atoms with Crippen molar-refractivity contribution >= 4 is 29.9 Å². The third-order valence-electron chi connectivity index (χ3n) is 5.04. The van der Waals surface area contributed by atoms with Gasteiger partial charge in [-0.05, 0) is 12.5 Å². The van der Waals surface area contributed by atoms with Crippen LogP contribution >= 0.6 is 0 Å². The molecule has 2 rings (SSSR count). The van der Waals surface area contributed by atoms with E-state index in [4.69, 9.17) is 24.7 Å². The van der Waals surface area contributed by atoms with Gasteiger partial charge in [0.1, 0.15) is 12.2 Å². The number of aliphatic imine (C=N–C) groups is 1. The molecule has 0 bridgehead atoms. The molecule has 0 saturated carbocycles. The molecular formula is C20H30N4O11. The molecule has 2 aliphatic rings. The molecule has 15 nitrogen and oxygen atoms in total. The number of ether oxygens (including phenoxy) is 4. The Hall–Kier alpha value is -3.43. The number of alkyl carbamates (subject to hydrolysis) is 1. The number of hydrogen-bond acceptors (Lipinski definition) is 11. The van der Waals surface area contributed by atoms with Crippen LogP contribution < -0.4 is 16.4 Å². The Labute approximate surface area is 200 Å². The third kappa shape index (κ3) is 7.80. The van der Waals surface area contributed by atoms with Gasteiger partial charge in [-0.1, -0.05) is 6.92 Å². The van der Waals surface area contributed by atoms with Gasteiger partial charge in [0.25, 0.3) is 0 Å². The summed E-state index contributed by atoms with van der Waals surface area (Å²) in [4.78, 5) is 50.9. The molecule has 15 heteroatoms. The fourth-order valence-corrected chi connectivity index (χ4v) is 3.50. The first-order valence-electron chi connectivity index (χ1n) is 10.8. The van der Waals surface area contributed by atoms with Crippen LogP contribution in [-0.4, -0.2) is 94.6 Å². The molecule has 2 heterocycles. The van der Waals surface area contributed by atoms with Crippen LogP contribution in [0.2, 0.25) is 0 Å². The molecule has 196 valence electrons. The lowest BCUT2D eigenvalue weighted by atomic mass is 9.88. The largest absolute Gasteiger partial charge is 0.478 e. The number of esters is 1. The van der Waals surface area contributed by atoms with Crippen molar-refractivity contribution in [3.8, 4) is 0 Å². The minimum Gasteiger partial charge on any atom is -0.478 e. The molecule has 2 amide bonds. The van der Waals surface area contributed by atoms with Crippen molar-refractivity contribution in [2.75, 3.05) is 6.61 Å². The predicted octanol–water partition coefficient (Wildman–Crippen LogP) is -1.92. The third-order valence-corrected chi connectivity index (χ3v) is 5.04. The van der Waals surface area contributed by atoms with E-state index in [-0.39, 0.29) is 19.4 Å². The number of nitrogens with zero attached hydrogens (tertiary/aromatic N) is 1. The Morgan fingerprint density at radius 1 is 1.26 bits per heavy atom. The molecule has 7 atom stereocenters. The maximum absolute atomic E-state index is 12.0. The number of hydrogen-bond donors (Lipinski definition) is 6. The van der Waals surface area contributed by atoms with Crippen LogP contribution in [0.5, 0.6) is 0 Å². The van der Waals surface area contributed by atoms with Crippen LogP contribution in [0.25, 0.3) is 0 Å². The summed E-state index contributed by atoms with van der Waals surface area (Å²) in [5.74, 6) is -3.70. The number of carboxylic acid groups (broad SMARTS) is 1. The lowest BCUT2D eigenvalue weighted by Gasteiger charge is -2.43. The molecule has 0 aliphatic carbocycles. The van der Waals surface area contributed by atoms with Crippen LogP contribution in [0.15, 0.2) is 16.8 Å². The number of aliphatic hydroxyl groups excluding tert-OH is 2. The number of carbonyl (C=O) groups is 4. The highest BCUT2D eigenvalue weighted by molar-refractivity contribution is 5.93. The van der Waals surface area contributed by atoms with Crippen LogP contribution in [0.4, 0.5) is 4.79 Å². The van der Waals surface area contributed by atoms with Crippen molar-refractivity contribution in [1.82, 2.24) is 10.6 Å². The number of carboxylic acids is 1. The average Bonchev–Trinajstić information content (AvgIpc) is 2.75. The molecule has 7 N–H and O–H groups in total. The van der Waals surface area contributed by atoms with Gasteiger partial charge in [-0.25, -0.2) is 14.6 Å². The first-order valence-corrected chi connectivity index (χ1v) is 10.8. The smallest absolute Gasteiger partial charge is 0.417 e. The van der Waals surface area contributed by atoms with E-state index >= 15 is 0 Å². The Kier molecular flexibility index (Phi) is 9.79. The molecule has 2 aliphatic heterocycles. The fraction of sp³-hybridized carbons (Fsp3) is 0.650. The van der Waals surface area contributed by atoms with Crippen molar-refractivity contribution < 1.29 is 53.4 Å². The average molecular weight is 502 g/mol. The molecule has 1 unspecified atom stereocenters. The summed E-state index contributed by atoms with van der Waals surface area (Å²) in [7, 11) is 0. The van der Waals surface area contributed by atoms with Gasteiger partial charge < -0.3 is 45.3 Å². The van der Waals surface area contributed by atoms with E-state index in [0.717, 1.165) is 6.08 Å². The Bertz CT molecular complexity index is 877. The van der Waals surface area contributed by atoms with Crippen molar-refractivity contribution in [2.45, 2.75) is 76.4 Å². The van der Waals surface area contributed by atoms with E-state index in [1.54, 1.807) is 6.92 Å². The predicted molar refractivity (Wildman–Crippen MR) is 115 cm³/mol. The molecule has 0 aromatic rings. The van der Waals surface area contributed by atoms with E-state index in [1.807, 2.05) is 0 Å². The Balaban J connectivity index is 2.28. The van der Waals surface area contributed by atoms with Gasteiger partial charge in [0.05, 0.1) is 18.2 Å². The summed E-state index contributed by atoms with van der Waals surface area (Å²) in [6.07, 6.45) is -6.18. The fourth-order valence-electron chi connectivity index (χ4n) is 3.50. The van der Waals surface area contributed by atoms with Gasteiger partial charge in [-0.15, -0.1) is 0 Å². The highest BCUT2D eigenvalue weighted by atomic mass is 16.7. The number of carbonyl (C=O) groups excluding carboxylic acids is 3. The molecule has 0 spiro atoms. The van der Waals surface area contributed by atoms with Gasteiger partial charge in [-0.2, -0.15) is 0 Å². The van der Waals surface area contributed by atoms with Gasteiger partial charge in [-0.3, -0.25) is 14.9 Å². The Morgan fingerprint density at radius 3 is 2.54 bits per heavy atom.